The Morgan fingerprint density at radius 2 is 2.10 bits per heavy atom. The summed E-state index contributed by atoms with van der Waals surface area (Å²) < 4.78 is 0. The van der Waals surface area contributed by atoms with Gasteiger partial charge in [-0.15, -0.1) is 0 Å². The van der Waals surface area contributed by atoms with Crippen molar-refractivity contribution in [3.8, 4) is 0 Å². The van der Waals surface area contributed by atoms with E-state index in [0.717, 1.165) is 12.3 Å². The SMILES string of the molecule is CCCC1CC(C)C(O)C1. The summed E-state index contributed by atoms with van der Waals surface area (Å²) in [5.74, 6) is 1.37. The van der Waals surface area contributed by atoms with Crippen LogP contribution in [0, 0.1) is 11.8 Å². The van der Waals surface area contributed by atoms with Gasteiger partial charge in [0.1, 0.15) is 0 Å². The first-order valence-electron chi connectivity index (χ1n) is 4.42. The maximum Gasteiger partial charge on any atom is 0.0568 e. The lowest BCUT2D eigenvalue weighted by Crippen LogP contribution is -2.08. The topological polar surface area (TPSA) is 20.2 Å². The minimum absolute atomic E-state index is 0.00319. The highest BCUT2D eigenvalue weighted by molar-refractivity contribution is 4.79. The van der Waals surface area contributed by atoms with Crippen LogP contribution in [0.5, 0.6) is 0 Å². The Kier molecular flexibility index (Phi) is 2.72. The average molecular weight is 142 g/mol. The van der Waals surface area contributed by atoms with Crippen LogP contribution in [-0.4, -0.2) is 11.2 Å². The van der Waals surface area contributed by atoms with E-state index in [1.807, 2.05) is 0 Å². The maximum absolute atomic E-state index is 9.39. The fourth-order valence-electron chi connectivity index (χ4n) is 2.00. The standard InChI is InChI=1S/C9H18O/c1-3-4-8-5-7(2)9(10)6-8/h7-10H,3-6H2,1-2H3. The highest BCUT2D eigenvalue weighted by Crippen LogP contribution is 2.33. The predicted molar refractivity (Wildman–Crippen MR) is 42.8 cm³/mol. The van der Waals surface area contributed by atoms with Gasteiger partial charge in [-0.3, -0.25) is 0 Å². The van der Waals surface area contributed by atoms with Crippen LogP contribution < -0.4 is 0 Å². The Labute approximate surface area is 63.4 Å². The molecule has 1 nitrogen and oxygen atoms in total. The Morgan fingerprint density at radius 1 is 1.40 bits per heavy atom. The highest BCUT2D eigenvalue weighted by Gasteiger charge is 2.28. The van der Waals surface area contributed by atoms with Gasteiger partial charge in [0.2, 0.25) is 0 Å². The number of hydrogen-bond donors (Lipinski definition) is 1. The van der Waals surface area contributed by atoms with Crippen LogP contribution >= 0.6 is 0 Å². The van der Waals surface area contributed by atoms with Crippen molar-refractivity contribution in [2.45, 2.75) is 45.6 Å². The maximum atomic E-state index is 9.39. The monoisotopic (exact) mass is 142 g/mol. The number of hydrogen-bond acceptors (Lipinski definition) is 1. The molecule has 1 N–H and O–H groups in total. The van der Waals surface area contributed by atoms with Crippen molar-refractivity contribution in [1.82, 2.24) is 0 Å². The quantitative estimate of drug-likeness (QED) is 0.626. The van der Waals surface area contributed by atoms with Crippen LogP contribution in [0.4, 0.5) is 0 Å². The molecular formula is C9H18O. The van der Waals surface area contributed by atoms with Gasteiger partial charge in [0.25, 0.3) is 0 Å². The lowest BCUT2D eigenvalue weighted by atomic mass is 10.0. The molecule has 3 atom stereocenters. The van der Waals surface area contributed by atoms with Gasteiger partial charge in [0.15, 0.2) is 0 Å². The van der Waals surface area contributed by atoms with Crippen molar-refractivity contribution < 1.29 is 5.11 Å². The molecule has 1 saturated carbocycles. The van der Waals surface area contributed by atoms with E-state index >= 15 is 0 Å². The summed E-state index contributed by atoms with van der Waals surface area (Å²) in [7, 11) is 0. The van der Waals surface area contributed by atoms with E-state index in [1.54, 1.807) is 0 Å². The Bertz CT molecular complexity index is 90.9. The largest absolute Gasteiger partial charge is 0.393 e. The summed E-state index contributed by atoms with van der Waals surface area (Å²) in [6.45, 7) is 4.37. The van der Waals surface area contributed by atoms with Crippen molar-refractivity contribution in [1.29, 1.82) is 0 Å². The number of aliphatic hydroxyl groups is 1. The first kappa shape index (κ1) is 8.06. The fraction of sp³-hybridized carbons (Fsp3) is 1.00. The lowest BCUT2D eigenvalue weighted by Gasteiger charge is -2.04. The van der Waals surface area contributed by atoms with Crippen molar-refractivity contribution >= 4 is 0 Å². The van der Waals surface area contributed by atoms with Crippen molar-refractivity contribution in [3.63, 3.8) is 0 Å². The van der Waals surface area contributed by atoms with Gasteiger partial charge in [-0.1, -0.05) is 26.7 Å². The molecule has 0 amide bonds. The van der Waals surface area contributed by atoms with E-state index in [2.05, 4.69) is 13.8 Å². The zero-order valence-corrected chi connectivity index (χ0v) is 7.01. The second kappa shape index (κ2) is 3.38. The van der Waals surface area contributed by atoms with Crippen molar-refractivity contribution in [3.05, 3.63) is 0 Å². The van der Waals surface area contributed by atoms with E-state index in [0.29, 0.717) is 5.92 Å². The molecule has 60 valence electrons. The summed E-state index contributed by atoms with van der Waals surface area (Å²) >= 11 is 0. The van der Waals surface area contributed by atoms with Crippen molar-refractivity contribution in [2.24, 2.45) is 11.8 Å². The smallest absolute Gasteiger partial charge is 0.0568 e. The predicted octanol–water partition coefficient (Wildman–Crippen LogP) is 2.19. The molecule has 1 aliphatic rings. The van der Waals surface area contributed by atoms with Gasteiger partial charge in [-0.25, -0.2) is 0 Å². The van der Waals surface area contributed by atoms with E-state index in [4.69, 9.17) is 0 Å². The first-order chi connectivity index (χ1) is 4.74. The molecule has 0 saturated heterocycles. The molecule has 0 radical (unpaired) electrons. The van der Waals surface area contributed by atoms with E-state index in [-0.39, 0.29) is 6.10 Å². The molecular weight excluding hydrogens is 124 g/mol. The lowest BCUT2D eigenvalue weighted by molar-refractivity contribution is 0.139. The van der Waals surface area contributed by atoms with Crippen LogP contribution in [0.2, 0.25) is 0 Å². The zero-order valence-electron chi connectivity index (χ0n) is 7.01. The molecule has 0 aromatic heterocycles. The van der Waals surface area contributed by atoms with Gasteiger partial charge in [-0.2, -0.15) is 0 Å². The molecule has 0 bridgehead atoms. The summed E-state index contributed by atoms with van der Waals surface area (Å²) in [4.78, 5) is 0. The third-order valence-corrected chi connectivity index (χ3v) is 2.63. The molecule has 10 heavy (non-hydrogen) atoms. The zero-order chi connectivity index (χ0) is 7.56. The summed E-state index contributed by atoms with van der Waals surface area (Å²) in [6.07, 6.45) is 4.87. The third kappa shape index (κ3) is 1.72. The molecule has 0 aromatic rings. The average Bonchev–Trinajstić information content (AvgIpc) is 2.14. The molecule has 1 aliphatic carbocycles. The minimum Gasteiger partial charge on any atom is -0.393 e. The molecule has 1 heteroatoms. The van der Waals surface area contributed by atoms with Crippen LogP contribution in [0.15, 0.2) is 0 Å². The molecule has 0 aliphatic heterocycles. The number of rotatable bonds is 2. The molecule has 3 unspecified atom stereocenters. The van der Waals surface area contributed by atoms with Gasteiger partial charge in [-0.05, 0) is 24.7 Å². The van der Waals surface area contributed by atoms with Gasteiger partial charge in [0.05, 0.1) is 6.10 Å². The van der Waals surface area contributed by atoms with Gasteiger partial charge >= 0.3 is 0 Å². The first-order valence-corrected chi connectivity index (χ1v) is 4.42. The van der Waals surface area contributed by atoms with Crippen LogP contribution in [-0.2, 0) is 0 Å². The van der Waals surface area contributed by atoms with Crippen molar-refractivity contribution in [2.75, 3.05) is 0 Å². The summed E-state index contributed by atoms with van der Waals surface area (Å²) in [5.41, 5.74) is 0. The Morgan fingerprint density at radius 3 is 2.50 bits per heavy atom. The highest BCUT2D eigenvalue weighted by atomic mass is 16.3. The van der Waals surface area contributed by atoms with Gasteiger partial charge < -0.3 is 5.11 Å². The number of aliphatic hydroxyl groups excluding tert-OH is 1. The minimum atomic E-state index is -0.00319. The van der Waals surface area contributed by atoms with Gasteiger partial charge in [0, 0.05) is 0 Å². The van der Waals surface area contributed by atoms with E-state index in [1.165, 1.54) is 19.3 Å². The normalized spacial score (nSPS) is 40.5. The molecule has 1 rings (SSSR count). The molecule has 0 heterocycles. The summed E-state index contributed by atoms with van der Waals surface area (Å²) in [6, 6.07) is 0. The Balaban J connectivity index is 2.27. The second-order valence-electron chi connectivity index (χ2n) is 3.67. The van der Waals surface area contributed by atoms with Crippen LogP contribution in [0.1, 0.15) is 39.5 Å². The second-order valence-corrected chi connectivity index (χ2v) is 3.67. The fourth-order valence-corrected chi connectivity index (χ4v) is 2.00. The Hall–Kier alpha value is -0.0400. The molecule has 1 fully saturated rings. The molecule has 0 spiro atoms. The van der Waals surface area contributed by atoms with Crippen LogP contribution in [0.25, 0.3) is 0 Å². The third-order valence-electron chi connectivity index (χ3n) is 2.63. The molecule has 0 aromatic carbocycles. The van der Waals surface area contributed by atoms with Crippen LogP contribution in [0.3, 0.4) is 0 Å². The summed E-state index contributed by atoms with van der Waals surface area (Å²) in [5, 5.41) is 9.39. The van der Waals surface area contributed by atoms with E-state index < -0.39 is 0 Å². The van der Waals surface area contributed by atoms with E-state index in [9.17, 15) is 5.11 Å².